The maximum Gasteiger partial charge on any atom is 0.148 e. The van der Waals surface area contributed by atoms with Crippen molar-refractivity contribution in [1.82, 2.24) is 14.5 Å². The lowest BCUT2D eigenvalue weighted by Crippen LogP contribution is -2.20. The summed E-state index contributed by atoms with van der Waals surface area (Å²) < 4.78 is 8.32. The number of benzene rings is 2. The van der Waals surface area contributed by atoms with Crippen molar-refractivity contribution in [3.63, 3.8) is 0 Å². The molecule has 0 aliphatic rings. The van der Waals surface area contributed by atoms with Gasteiger partial charge in [-0.15, -0.1) is 0 Å². The van der Waals surface area contributed by atoms with E-state index in [4.69, 9.17) is 21.9 Å². The van der Waals surface area contributed by atoms with Gasteiger partial charge in [-0.3, -0.25) is 0 Å². The zero-order chi connectivity index (χ0) is 19.0. The molecule has 3 aromatic rings. The van der Waals surface area contributed by atoms with Crippen LogP contribution in [0.5, 0.6) is 5.75 Å². The normalized spacial score (nSPS) is 11.0. The van der Waals surface area contributed by atoms with E-state index in [1.54, 1.807) is 0 Å². The first-order chi connectivity index (χ1) is 12.3. The van der Waals surface area contributed by atoms with E-state index in [9.17, 15) is 0 Å². The Morgan fingerprint density at radius 1 is 1.15 bits per heavy atom. The molecule has 3 rings (SSSR count). The number of hydrogen-bond acceptors (Lipinski definition) is 3. The van der Waals surface area contributed by atoms with Crippen LogP contribution in [-0.4, -0.2) is 33.5 Å². The van der Waals surface area contributed by atoms with Gasteiger partial charge in [-0.05, 0) is 49.6 Å². The van der Waals surface area contributed by atoms with Crippen molar-refractivity contribution in [2.24, 2.45) is 7.05 Å². The van der Waals surface area contributed by atoms with Crippen LogP contribution in [0, 0.1) is 20.8 Å². The number of ether oxygens (including phenoxy) is 1. The zero-order valence-electron chi connectivity index (χ0n) is 16.3. The van der Waals surface area contributed by atoms with Gasteiger partial charge in [0, 0.05) is 26.7 Å². The smallest absolute Gasteiger partial charge is 0.148 e. The Bertz CT molecular complexity index is 968. The van der Waals surface area contributed by atoms with Crippen LogP contribution in [0.2, 0.25) is 0 Å². The molecule has 2 aromatic carbocycles. The largest absolute Gasteiger partial charge is 0.487 e. The molecular formula is C21H25N3OS. The van der Waals surface area contributed by atoms with E-state index in [1.807, 2.05) is 39.0 Å². The monoisotopic (exact) mass is 367 g/mol. The van der Waals surface area contributed by atoms with Crippen LogP contribution in [0.3, 0.4) is 0 Å². The van der Waals surface area contributed by atoms with Crippen molar-refractivity contribution in [3.8, 4) is 5.75 Å². The quantitative estimate of drug-likeness (QED) is 0.643. The molecule has 0 N–H and O–H groups in total. The van der Waals surface area contributed by atoms with Crippen LogP contribution >= 0.6 is 12.2 Å². The summed E-state index contributed by atoms with van der Waals surface area (Å²) in [6.45, 7) is 6.74. The standard InChI is InChI=1S/C21H25N3OS/c1-13-8-7-9-14(2)17(13)12-25-19-11-16(21(26)23(4)5)10-18-20(19)22-15(3)24(18)6/h7-11H,12H2,1-6H3. The lowest BCUT2D eigenvalue weighted by molar-refractivity contribution is 0.308. The highest BCUT2D eigenvalue weighted by atomic mass is 32.1. The van der Waals surface area contributed by atoms with Gasteiger partial charge in [-0.2, -0.15) is 0 Å². The summed E-state index contributed by atoms with van der Waals surface area (Å²) in [5, 5.41) is 0. The minimum atomic E-state index is 0.515. The van der Waals surface area contributed by atoms with Crippen LogP contribution < -0.4 is 4.74 Å². The van der Waals surface area contributed by atoms with E-state index < -0.39 is 0 Å². The fourth-order valence-corrected chi connectivity index (χ4v) is 3.21. The number of fused-ring (bicyclic) bond motifs is 1. The lowest BCUT2D eigenvalue weighted by atomic mass is 10.0. The molecule has 26 heavy (non-hydrogen) atoms. The van der Waals surface area contributed by atoms with Crippen molar-refractivity contribution in [3.05, 3.63) is 58.4 Å². The molecule has 0 aliphatic carbocycles. The Morgan fingerprint density at radius 3 is 2.42 bits per heavy atom. The summed E-state index contributed by atoms with van der Waals surface area (Å²) in [6.07, 6.45) is 0. The molecule has 0 saturated carbocycles. The van der Waals surface area contributed by atoms with Crippen molar-refractivity contribution >= 4 is 28.2 Å². The predicted octanol–water partition coefficient (Wildman–Crippen LogP) is 4.31. The molecule has 0 atom stereocenters. The number of aromatic nitrogens is 2. The minimum absolute atomic E-state index is 0.515. The van der Waals surface area contributed by atoms with E-state index in [-0.39, 0.29) is 0 Å². The van der Waals surface area contributed by atoms with Gasteiger partial charge >= 0.3 is 0 Å². The van der Waals surface area contributed by atoms with Gasteiger partial charge in [0.15, 0.2) is 0 Å². The number of rotatable bonds is 4. The fourth-order valence-electron chi connectivity index (χ4n) is 3.09. The Morgan fingerprint density at radius 2 is 1.81 bits per heavy atom. The molecule has 1 heterocycles. The number of hydrogen-bond donors (Lipinski definition) is 0. The summed E-state index contributed by atoms with van der Waals surface area (Å²) in [5.74, 6) is 1.72. The maximum atomic E-state index is 6.25. The summed E-state index contributed by atoms with van der Waals surface area (Å²) in [5.41, 5.74) is 6.56. The zero-order valence-corrected chi connectivity index (χ0v) is 17.1. The van der Waals surface area contributed by atoms with Gasteiger partial charge in [0.05, 0.1) is 5.52 Å². The van der Waals surface area contributed by atoms with Crippen molar-refractivity contribution in [1.29, 1.82) is 0 Å². The Balaban J connectivity index is 2.06. The van der Waals surface area contributed by atoms with Gasteiger partial charge in [-0.1, -0.05) is 30.4 Å². The summed E-state index contributed by atoms with van der Waals surface area (Å²) >= 11 is 5.58. The topological polar surface area (TPSA) is 30.3 Å². The molecule has 0 saturated heterocycles. The molecule has 0 spiro atoms. The van der Waals surface area contributed by atoms with E-state index in [1.165, 1.54) is 16.7 Å². The second kappa shape index (κ2) is 7.08. The minimum Gasteiger partial charge on any atom is -0.487 e. The lowest BCUT2D eigenvalue weighted by Gasteiger charge is -2.16. The summed E-state index contributed by atoms with van der Waals surface area (Å²) in [6, 6.07) is 10.4. The highest BCUT2D eigenvalue weighted by Gasteiger charge is 2.16. The van der Waals surface area contributed by atoms with E-state index >= 15 is 0 Å². The first kappa shape index (κ1) is 18.4. The van der Waals surface area contributed by atoms with E-state index in [2.05, 4.69) is 42.7 Å². The molecule has 0 unspecified atom stereocenters. The van der Waals surface area contributed by atoms with Crippen molar-refractivity contribution in [2.45, 2.75) is 27.4 Å². The first-order valence-electron chi connectivity index (χ1n) is 8.66. The molecule has 0 bridgehead atoms. The maximum absolute atomic E-state index is 6.25. The van der Waals surface area contributed by atoms with E-state index in [0.717, 1.165) is 33.2 Å². The molecule has 5 heteroatoms. The van der Waals surface area contributed by atoms with Crippen molar-refractivity contribution < 1.29 is 4.74 Å². The van der Waals surface area contributed by atoms with E-state index in [0.29, 0.717) is 6.61 Å². The Kier molecular flexibility index (Phi) is 5.01. The molecule has 1 aromatic heterocycles. The molecule has 136 valence electrons. The molecular weight excluding hydrogens is 342 g/mol. The van der Waals surface area contributed by atoms with Crippen LogP contribution in [0.25, 0.3) is 11.0 Å². The average Bonchev–Trinajstić information content (AvgIpc) is 2.88. The number of imidazole rings is 1. The van der Waals surface area contributed by atoms with Gasteiger partial charge in [0.2, 0.25) is 0 Å². The highest BCUT2D eigenvalue weighted by Crippen LogP contribution is 2.29. The third-order valence-corrected chi connectivity index (χ3v) is 5.45. The van der Waals surface area contributed by atoms with Gasteiger partial charge in [-0.25, -0.2) is 4.98 Å². The number of thiocarbonyl (C=S) groups is 1. The number of aryl methyl sites for hydroxylation is 4. The molecule has 0 radical (unpaired) electrons. The van der Waals surface area contributed by atoms with Crippen LogP contribution in [0.4, 0.5) is 0 Å². The first-order valence-corrected chi connectivity index (χ1v) is 9.07. The summed E-state index contributed by atoms with van der Waals surface area (Å²) in [7, 11) is 5.93. The predicted molar refractivity (Wildman–Crippen MR) is 111 cm³/mol. The molecule has 0 fully saturated rings. The summed E-state index contributed by atoms with van der Waals surface area (Å²) in [4.78, 5) is 7.42. The second-order valence-corrected chi connectivity index (χ2v) is 7.31. The van der Waals surface area contributed by atoms with Crippen molar-refractivity contribution in [2.75, 3.05) is 14.1 Å². The Hall–Kier alpha value is -2.40. The molecule has 4 nitrogen and oxygen atoms in total. The van der Waals surface area contributed by atoms with Crippen LogP contribution in [-0.2, 0) is 13.7 Å². The van der Waals surface area contributed by atoms with Gasteiger partial charge in [0.1, 0.15) is 28.7 Å². The third kappa shape index (κ3) is 3.31. The van der Waals surface area contributed by atoms with Gasteiger partial charge < -0.3 is 14.2 Å². The third-order valence-electron chi connectivity index (χ3n) is 4.84. The van der Waals surface area contributed by atoms with Gasteiger partial charge in [0.25, 0.3) is 0 Å². The highest BCUT2D eigenvalue weighted by molar-refractivity contribution is 7.80. The van der Waals surface area contributed by atoms with Crippen LogP contribution in [0.15, 0.2) is 30.3 Å². The van der Waals surface area contributed by atoms with Crippen LogP contribution in [0.1, 0.15) is 28.1 Å². The molecule has 0 amide bonds. The second-order valence-electron chi connectivity index (χ2n) is 6.92. The average molecular weight is 368 g/mol. The molecule has 0 aliphatic heterocycles. The SMILES string of the molecule is Cc1cccc(C)c1COc1cc(C(=S)N(C)C)cc2c1nc(C)n2C. The number of nitrogens with zero attached hydrogens (tertiary/aromatic N) is 3. The Labute approximate surface area is 160 Å². The fraction of sp³-hybridized carbons (Fsp3) is 0.333.